The lowest BCUT2D eigenvalue weighted by molar-refractivity contribution is -0.141. The number of alkyl halides is 3. The fourth-order valence-electron chi connectivity index (χ4n) is 2.64. The number of hydrogen-bond acceptors (Lipinski definition) is 5. The van der Waals surface area contributed by atoms with Crippen LogP contribution < -0.4 is 5.73 Å². The highest BCUT2D eigenvalue weighted by atomic mass is 35.5. The molecule has 0 spiro atoms. The van der Waals surface area contributed by atoms with Crippen LogP contribution in [0.5, 0.6) is 0 Å². The lowest BCUT2D eigenvalue weighted by Gasteiger charge is -2.06. The second-order valence-electron chi connectivity index (χ2n) is 5.29. The fraction of sp³-hybridized carbons (Fsp3) is 0.143. The lowest BCUT2D eigenvalue weighted by Crippen LogP contribution is -2.19. The summed E-state index contributed by atoms with van der Waals surface area (Å²) in [7, 11) is 0. The van der Waals surface area contributed by atoms with Crippen molar-refractivity contribution < 1.29 is 13.2 Å². The summed E-state index contributed by atoms with van der Waals surface area (Å²) in [4.78, 5) is 14.8. The summed E-state index contributed by atoms with van der Waals surface area (Å²) in [5.41, 5.74) is 6.76. The maximum absolute atomic E-state index is 12.8. The minimum Gasteiger partial charge on any atom is -0.383 e. The summed E-state index contributed by atoms with van der Waals surface area (Å²) < 4.78 is 39.3. The van der Waals surface area contributed by atoms with E-state index in [-0.39, 0.29) is 27.6 Å². The smallest absolute Gasteiger partial charge is 0.383 e. The van der Waals surface area contributed by atoms with E-state index >= 15 is 0 Å². The molecule has 0 fully saturated rings. The van der Waals surface area contributed by atoms with E-state index in [1.54, 1.807) is 18.3 Å². The van der Waals surface area contributed by atoms with E-state index in [4.69, 9.17) is 17.3 Å². The number of halogens is 4. The molecule has 4 rings (SSSR count). The van der Waals surface area contributed by atoms with Gasteiger partial charge >= 0.3 is 6.18 Å². The van der Waals surface area contributed by atoms with Crippen molar-refractivity contribution in [3.05, 3.63) is 29.7 Å². The first kappa shape index (κ1) is 15.6. The van der Waals surface area contributed by atoms with Gasteiger partial charge in [-0.25, -0.2) is 19.6 Å². The van der Waals surface area contributed by atoms with Crippen molar-refractivity contribution in [2.45, 2.75) is 12.7 Å². The predicted octanol–water partition coefficient (Wildman–Crippen LogP) is 3.17. The molecule has 25 heavy (non-hydrogen) atoms. The molecule has 0 aliphatic heterocycles. The average Bonchev–Trinajstić information content (AvgIpc) is 3.06. The van der Waals surface area contributed by atoms with Gasteiger partial charge in [0.1, 0.15) is 30.0 Å². The highest BCUT2D eigenvalue weighted by molar-refractivity contribution is 6.38. The van der Waals surface area contributed by atoms with Crippen LogP contribution >= 0.6 is 11.6 Å². The van der Waals surface area contributed by atoms with Crippen LogP contribution in [0.2, 0.25) is 5.02 Å². The molecule has 0 aromatic carbocycles. The number of nitrogens with one attached hydrogen (secondary N) is 1. The van der Waals surface area contributed by atoms with Gasteiger partial charge in [-0.05, 0) is 12.1 Å². The summed E-state index contributed by atoms with van der Waals surface area (Å²) in [6, 6.07) is 3.43. The number of fused-ring (bicyclic) bond motifs is 2. The molecule has 0 radical (unpaired) electrons. The molecular formula is C14H9ClF3N7. The first-order chi connectivity index (χ1) is 11.8. The van der Waals surface area contributed by atoms with Crippen LogP contribution in [0.3, 0.4) is 0 Å². The molecule has 0 amide bonds. The van der Waals surface area contributed by atoms with E-state index in [0.717, 1.165) is 11.0 Å². The number of nitrogen functional groups attached to an aromatic ring is 1. The van der Waals surface area contributed by atoms with Gasteiger partial charge in [0, 0.05) is 11.6 Å². The third kappa shape index (κ3) is 2.54. The molecule has 0 aliphatic rings. The van der Waals surface area contributed by atoms with Gasteiger partial charge in [0.15, 0.2) is 5.65 Å². The van der Waals surface area contributed by atoms with Gasteiger partial charge in [-0.3, -0.25) is 0 Å². The van der Waals surface area contributed by atoms with Crippen LogP contribution in [0.4, 0.5) is 19.0 Å². The van der Waals surface area contributed by atoms with Crippen LogP contribution in [0.25, 0.3) is 33.5 Å². The van der Waals surface area contributed by atoms with E-state index < -0.39 is 12.7 Å². The largest absolute Gasteiger partial charge is 0.408 e. The van der Waals surface area contributed by atoms with Crippen molar-refractivity contribution >= 4 is 39.5 Å². The van der Waals surface area contributed by atoms with Crippen LogP contribution in [-0.4, -0.2) is 35.9 Å². The molecule has 4 heterocycles. The van der Waals surface area contributed by atoms with Crippen molar-refractivity contribution in [1.82, 2.24) is 29.7 Å². The Bertz CT molecular complexity index is 1100. The molecule has 0 aliphatic carbocycles. The van der Waals surface area contributed by atoms with E-state index in [1.807, 2.05) is 0 Å². The number of H-pyrrole nitrogens is 1. The number of anilines is 1. The van der Waals surface area contributed by atoms with E-state index in [0.29, 0.717) is 16.7 Å². The standard InChI is InChI=1S/C14H9ClF3N7/c15-8-6-2-1-3-20-12(6)23-10(8)9-7-11(19)21-5-22-13(7)25(24-9)4-14(16,17)18/h1-3,5H,4H2,(H,20,23)(H2,19,21,22). The number of rotatable bonds is 2. The zero-order chi connectivity index (χ0) is 17.8. The number of hydrogen-bond donors (Lipinski definition) is 2. The quantitative estimate of drug-likeness (QED) is 0.567. The Morgan fingerprint density at radius 2 is 2.04 bits per heavy atom. The molecule has 4 aromatic rings. The number of nitrogens with two attached hydrogens (primary N) is 1. The number of pyridine rings is 1. The SMILES string of the molecule is Nc1ncnc2c1c(-c1[nH]c3ncccc3c1Cl)nn2CC(F)(F)F. The summed E-state index contributed by atoms with van der Waals surface area (Å²) >= 11 is 6.36. The summed E-state index contributed by atoms with van der Waals surface area (Å²) in [5, 5.41) is 5.13. The fourth-order valence-corrected chi connectivity index (χ4v) is 2.93. The summed E-state index contributed by atoms with van der Waals surface area (Å²) in [5.74, 6) is 0.0103. The topological polar surface area (TPSA) is 98.3 Å². The van der Waals surface area contributed by atoms with Crippen LogP contribution in [0, 0.1) is 0 Å². The van der Waals surface area contributed by atoms with Crippen LogP contribution in [-0.2, 0) is 6.54 Å². The maximum atomic E-state index is 12.8. The molecule has 11 heteroatoms. The van der Waals surface area contributed by atoms with Gasteiger partial charge in [-0.15, -0.1) is 0 Å². The molecule has 0 saturated heterocycles. The minimum atomic E-state index is -4.47. The van der Waals surface area contributed by atoms with Crippen LogP contribution in [0.1, 0.15) is 0 Å². The van der Waals surface area contributed by atoms with Gasteiger partial charge in [0.25, 0.3) is 0 Å². The number of aromatic amines is 1. The molecule has 3 N–H and O–H groups in total. The summed E-state index contributed by atoms with van der Waals surface area (Å²) in [6.07, 6.45) is -1.82. The molecule has 7 nitrogen and oxygen atoms in total. The second-order valence-corrected chi connectivity index (χ2v) is 5.67. The Morgan fingerprint density at radius 3 is 2.76 bits per heavy atom. The van der Waals surface area contributed by atoms with Gasteiger partial charge in [-0.1, -0.05) is 11.6 Å². The monoisotopic (exact) mass is 367 g/mol. The molecule has 0 atom stereocenters. The Balaban J connectivity index is 2.02. The Hall–Kier alpha value is -2.88. The Labute approximate surface area is 142 Å². The second kappa shape index (κ2) is 5.31. The average molecular weight is 368 g/mol. The molecule has 0 unspecified atom stereocenters. The van der Waals surface area contributed by atoms with Crippen molar-refractivity contribution in [1.29, 1.82) is 0 Å². The number of nitrogens with zero attached hydrogens (tertiary/aromatic N) is 5. The number of aromatic nitrogens is 6. The predicted molar refractivity (Wildman–Crippen MR) is 85.9 cm³/mol. The third-order valence-corrected chi connectivity index (χ3v) is 4.02. The molecular weight excluding hydrogens is 359 g/mol. The zero-order valence-corrected chi connectivity index (χ0v) is 13.1. The van der Waals surface area contributed by atoms with E-state index in [1.165, 1.54) is 0 Å². The zero-order valence-electron chi connectivity index (χ0n) is 12.3. The first-order valence-corrected chi connectivity index (χ1v) is 7.39. The lowest BCUT2D eigenvalue weighted by atomic mass is 10.2. The highest BCUT2D eigenvalue weighted by Crippen LogP contribution is 2.37. The third-order valence-electron chi connectivity index (χ3n) is 3.63. The van der Waals surface area contributed by atoms with Gasteiger partial charge in [-0.2, -0.15) is 18.3 Å². The molecule has 0 bridgehead atoms. The van der Waals surface area contributed by atoms with Crippen molar-refractivity contribution in [3.63, 3.8) is 0 Å². The van der Waals surface area contributed by atoms with Gasteiger partial charge in [0.2, 0.25) is 0 Å². The van der Waals surface area contributed by atoms with E-state index in [9.17, 15) is 13.2 Å². The molecule has 128 valence electrons. The molecule has 0 saturated carbocycles. The Kier molecular flexibility index (Phi) is 3.32. The minimum absolute atomic E-state index is 0.0103. The van der Waals surface area contributed by atoms with Crippen molar-refractivity contribution in [3.8, 4) is 11.4 Å². The maximum Gasteiger partial charge on any atom is 0.408 e. The van der Waals surface area contributed by atoms with Crippen LogP contribution in [0.15, 0.2) is 24.7 Å². The van der Waals surface area contributed by atoms with Gasteiger partial charge in [0.05, 0.1) is 16.1 Å². The van der Waals surface area contributed by atoms with Gasteiger partial charge < -0.3 is 10.7 Å². The normalized spacial score (nSPS) is 12.3. The Morgan fingerprint density at radius 1 is 1.24 bits per heavy atom. The van der Waals surface area contributed by atoms with Crippen molar-refractivity contribution in [2.75, 3.05) is 5.73 Å². The first-order valence-electron chi connectivity index (χ1n) is 7.01. The summed E-state index contributed by atoms with van der Waals surface area (Å²) in [6.45, 7) is -1.31. The van der Waals surface area contributed by atoms with Crippen molar-refractivity contribution in [2.24, 2.45) is 0 Å². The van der Waals surface area contributed by atoms with E-state index in [2.05, 4.69) is 25.0 Å². The molecule has 4 aromatic heterocycles. The highest BCUT2D eigenvalue weighted by Gasteiger charge is 2.31.